The van der Waals surface area contributed by atoms with Crippen LogP contribution in [0.5, 0.6) is 0 Å². The van der Waals surface area contributed by atoms with E-state index < -0.39 is 0 Å². The van der Waals surface area contributed by atoms with E-state index in [1.807, 2.05) is 12.3 Å². The molecular formula is C6H7NW. The quantitative estimate of drug-likeness (QED) is 0.827. The van der Waals surface area contributed by atoms with Crippen molar-refractivity contribution < 1.29 is 19.4 Å². The Morgan fingerprint density at radius 3 is 3.12 bits per heavy atom. The molecule has 0 amide bonds. The second kappa shape index (κ2) is 2.98. The molecule has 1 N–H and O–H groups in total. The van der Waals surface area contributed by atoms with Gasteiger partial charge in [-0.15, -0.1) is 0 Å². The van der Waals surface area contributed by atoms with Crippen LogP contribution in [0.3, 0.4) is 0 Å². The van der Waals surface area contributed by atoms with E-state index in [9.17, 15) is 0 Å². The Hall–Kier alpha value is -0.162. The Bertz CT molecular complexity index is 155. The number of hydrogen-bond donors (Lipinski definition) is 1. The molecule has 2 heteroatoms. The molecule has 0 spiro atoms. The summed E-state index contributed by atoms with van der Waals surface area (Å²) >= 11 is 1.54. The fourth-order valence-corrected chi connectivity index (χ4v) is 1.23. The maximum absolute atomic E-state index is 3.12. The number of aromatic amines is 1. The van der Waals surface area contributed by atoms with Crippen LogP contribution in [0.25, 0.3) is 0 Å². The van der Waals surface area contributed by atoms with Crippen LogP contribution in [0.15, 0.2) is 18.3 Å². The minimum absolute atomic E-state index is 1.09. The first kappa shape index (κ1) is 5.97. The van der Waals surface area contributed by atoms with Gasteiger partial charge in [0.25, 0.3) is 0 Å². The van der Waals surface area contributed by atoms with Crippen molar-refractivity contribution >= 4 is 4.40 Å². The molecule has 0 aromatic carbocycles. The fraction of sp³-hybridized carbons (Fsp3) is 0.167. The Balaban J connectivity index is 2.62. The normalized spacial score (nSPS) is 9.00. The van der Waals surface area contributed by atoms with Crippen LogP contribution in [0.1, 0.15) is 5.69 Å². The van der Waals surface area contributed by atoms with Gasteiger partial charge < -0.3 is 0 Å². The van der Waals surface area contributed by atoms with Crippen LogP contribution in [0, 0.1) is 0 Å². The van der Waals surface area contributed by atoms with Gasteiger partial charge in [0.1, 0.15) is 0 Å². The van der Waals surface area contributed by atoms with Crippen molar-refractivity contribution in [3.63, 3.8) is 0 Å². The zero-order valence-corrected chi connectivity index (χ0v) is 7.36. The number of aromatic nitrogens is 1. The molecular weight excluding hydrogens is 270 g/mol. The zero-order valence-electron chi connectivity index (χ0n) is 4.42. The Kier molecular flexibility index (Phi) is 2.23. The SMILES string of the molecule is [W]=[CH]Cc1ccc[nH]1. The standard InChI is InChI=1S/C6H7N.W/c1-2-6-4-3-5-7-6;/h1,3-5,7H,2H2;. The molecule has 1 rings (SSSR count). The van der Waals surface area contributed by atoms with E-state index in [1.165, 1.54) is 25.0 Å². The zero-order chi connectivity index (χ0) is 5.82. The van der Waals surface area contributed by atoms with Gasteiger partial charge in [-0.25, -0.2) is 0 Å². The molecule has 0 saturated heterocycles. The molecule has 8 heavy (non-hydrogen) atoms. The van der Waals surface area contributed by atoms with Crippen molar-refractivity contribution in [3.05, 3.63) is 24.0 Å². The van der Waals surface area contributed by atoms with E-state index in [4.69, 9.17) is 0 Å². The summed E-state index contributed by atoms with van der Waals surface area (Å²) in [6.07, 6.45) is 3.04. The molecule has 0 aliphatic heterocycles. The van der Waals surface area contributed by atoms with Gasteiger partial charge in [0, 0.05) is 0 Å². The Morgan fingerprint density at radius 1 is 1.75 bits per heavy atom. The molecule has 0 atom stereocenters. The summed E-state index contributed by atoms with van der Waals surface area (Å²) in [5.41, 5.74) is 1.31. The van der Waals surface area contributed by atoms with Gasteiger partial charge in [-0.2, -0.15) is 0 Å². The van der Waals surface area contributed by atoms with Gasteiger partial charge in [-0.05, 0) is 0 Å². The molecule has 42 valence electrons. The van der Waals surface area contributed by atoms with Crippen molar-refractivity contribution in [3.8, 4) is 0 Å². The third-order valence-electron chi connectivity index (χ3n) is 0.966. The summed E-state index contributed by atoms with van der Waals surface area (Å²) in [6, 6.07) is 4.12. The van der Waals surface area contributed by atoms with Gasteiger partial charge in [-0.3, -0.25) is 0 Å². The predicted molar refractivity (Wildman–Crippen MR) is 30.6 cm³/mol. The first-order valence-electron chi connectivity index (χ1n) is 2.49. The average molecular weight is 277 g/mol. The van der Waals surface area contributed by atoms with Crippen molar-refractivity contribution in [2.75, 3.05) is 0 Å². The molecule has 0 fully saturated rings. The van der Waals surface area contributed by atoms with Crippen LogP contribution in [0.2, 0.25) is 0 Å². The summed E-state index contributed by atoms with van der Waals surface area (Å²) < 4.78 is 2.21. The van der Waals surface area contributed by atoms with Gasteiger partial charge in [0.2, 0.25) is 0 Å². The van der Waals surface area contributed by atoms with Gasteiger partial charge in [0.15, 0.2) is 0 Å². The molecule has 1 aromatic heterocycles. The van der Waals surface area contributed by atoms with Crippen molar-refractivity contribution in [1.82, 2.24) is 4.98 Å². The number of hydrogen-bond acceptors (Lipinski definition) is 0. The van der Waals surface area contributed by atoms with Crippen molar-refractivity contribution in [2.24, 2.45) is 0 Å². The molecule has 1 aromatic rings. The number of H-pyrrole nitrogens is 1. The van der Waals surface area contributed by atoms with Crippen molar-refractivity contribution in [2.45, 2.75) is 6.42 Å². The molecule has 0 saturated carbocycles. The Morgan fingerprint density at radius 2 is 2.62 bits per heavy atom. The minimum atomic E-state index is 1.09. The van der Waals surface area contributed by atoms with Gasteiger partial charge in [-0.1, -0.05) is 0 Å². The Labute approximate surface area is 59.5 Å². The fourth-order valence-electron chi connectivity index (χ4n) is 0.584. The third-order valence-corrected chi connectivity index (χ3v) is 1.56. The summed E-state index contributed by atoms with van der Waals surface area (Å²) in [4.78, 5) is 3.12. The van der Waals surface area contributed by atoms with E-state index in [0.717, 1.165) is 6.42 Å². The van der Waals surface area contributed by atoms with Crippen LogP contribution in [-0.2, 0) is 25.8 Å². The van der Waals surface area contributed by atoms with Gasteiger partial charge >= 0.3 is 59.2 Å². The molecule has 1 nitrogen and oxygen atoms in total. The molecule has 0 unspecified atom stereocenters. The van der Waals surface area contributed by atoms with E-state index in [-0.39, 0.29) is 0 Å². The van der Waals surface area contributed by atoms with E-state index in [2.05, 4.69) is 15.5 Å². The first-order chi connectivity index (χ1) is 3.93. The number of rotatable bonds is 2. The van der Waals surface area contributed by atoms with Crippen LogP contribution in [-0.4, -0.2) is 9.38 Å². The van der Waals surface area contributed by atoms with E-state index in [1.54, 1.807) is 0 Å². The number of nitrogens with one attached hydrogen (secondary N) is 1. The summed E-state index contributed by atoms with van der Waals surface area (Å²) in [5, 5.41) is 0. The van der Waals surface area contributed by atoms with Crippen LogP contribution in [0.4, 0.5) is 0 Å². The van der Waals surface area contributed by atoms with E-state index >= 15 is 0 Å². The second-order valence-corrected chi connectivity index (χ2v) is 2.76. The van der Waals surface area contributed by atoms with Crippen LogP contribution < -0.4 is 0 Å². The topological polar surface area (TPSA) is 15.8 Å². The maximum atomic E-state index is 3.12. The molecule has 0 radical (unpaired) electrons. The summed E-state index contributed by atoms with van der Waals surface area (Å²) in [6.45, 7) is 0. The van der Waals surface area contributed by atoms with E-state index in [0.29, 0.717) is 0 Å². The van der Waals surface area contributed by atoms with Crippen LogP contribution >= 0.6 is 0 Å². The predicted octanol–water partition coefficient (Wildman–Crippen LogP) is 0.906. The average Bonchev–Trinajstić information content (AvgIpc) is 2.19. The summed E-state index contributed by atoms with van der Waals surface area (Å²) in [7, 11) is 0. The first-order valence-corrected chi connectivity index (χ1v) is 4.19. The monoisotopic (exact) mass is 277 g/mol. The van der Waals surface area contributed by atoms with Crippen molar-refractivity contribution in [1.29, 1.82) is 0 Å². The molecule has 0 aliphatic rings. The molecule has 0 aliphatic carbocycles. The second-order valence-electron chi connectivity index (χ2n) is 1.57. The third kappa shape index (κ3) is 1.41. The molecule has 0 bridgehead atoms. The summed E-state index contributed by atoms with van der Waals surface area (Å²) in [5.74, 6) is 0. The molecule has 1 heterocycles. The van der Waals surface area contributed by atoms with Gasteiger partial charge in [0.05, 0.1) is 0 Å².